The van der Waals surface area contributed by atoms with Crippen LogP contribution < -0.4 is 10.1 Å². The molecule has 12 heteroatoms. The second kappa shape index (κ2) is 9.04. The van der Waals surface area contributed by atoms with E-state index in [1.54, 1.807) is 24.3 Å². The first kappa shape index (κ1) is 22.7. The third-order valence-corrected chi connectivity index (χ3v) is 4.38. The van der Waals surface area contributed by atoms with E-state index in [2.05, 4.69) is 20.6 Å². The van der Waals surface area contributed by atoms with Crippen LogP contribution in [-0.4, -0.2) is 57.4 Å². The van der Waals surface area contributed by atoms with Crippen LogP contribution in [-0.2, 0) is 11.0 Å². The molecular formula is C20H19F3N6O3. The SMILES string of the molecule is COc1ccc(-n2ncc(C(=O)N(C)CC(=O)Nc3ccc(C)cc3)c2C(F)(F)F)nn1. The normalized spacial score (nSPS) is 11.2. The minimum Gasteiger partial charge on any atom is -0.480 e. The summed E-state index contributed by atoms with van der Waals surface area (Å²) in [6.07, 6.45) is -4.14. The number of hydrogen-bond donors (Lipinski definition) is 1. The maximum Gasteiger partial charge on any atom is 0.434 e. The predicted molar refractivity (Wildman–Crippen MR) is 107 cm³/mol. The number of amides is 2. The number of aryl methyl sites for hydroxylation is 1. The Morgan fingerprint density at radius 3 is 2.38 bits per heavy atom. The summed E-state index contributed by atoms with van der Waals surface area (Å²) in [6, 6.07) is 9.47. The molecule has 0 aliphatic carbocycles. The molecular weight excluding hydrogens is 429 g/mol. The van der Waals surface area contributed by atoms with Gasteiger partial charge in [-0.25, -0.2) is 4.68 Å². The number of benzene rings is 1. The molecule has 0 aliphatic heterocycles. The van der Waals surface area contributed by atoms with Crippen molar-refractivity contribution in [2.45, 2.75) is 13.1 Å². The molecule has 1 N–H and O–H groups in total. The highest BCUT2D eigenvalue weighted by Crippen LogP contribution is 2.33. The van der Waals surface area contributed by atoms with E-state index in [9.17, 15) is 22.8 Å². The maximum absolute atomic E-state index is 13.8. The number of alkyl halides is 3. The molecule has 0 bridgehead atoms. The van der Waals surface area contributed by atoms with Gasteiger partial charge in [0, 0.05) is 18.8 Å². The van der Waals surface area contributed by atoms with E-state index in [4.69, 9.17) is 4.74 Å². The number of ether oxygens (including phenoxy) is 1. The standard InChI is InChI=1S/C20H19F3N6O3/c1-12-4-6-13(7-5-12)25-16(30)11-28(2)19(31)14-10-24-29(18(14)20(21,22)23)15-8-9-17(32-3)27-26-15/h4-10H,11H2,1-3H3,(H,25,30). The van der Waals surface area contributed by atoms with Crippen molar-refractivity contribution >= 4 is 17.5 Å². The van der Waals surface area contributed by atoms with Gasteiger partial charge in [0.2, 0.25) is 11.8 Å². The molecule has 2 amide bonds. The number of nitrogens with one attached hydrogen (secondary N) is 1. The van der Waals surface area contributed by atoms with E-state index in [0.717, 1.165) is 16.7 Å². The highest BCUT2D eigenvalue weighted by atomic mass is 19.4. The van der Waals surface area contributed by atoms with Gasteiger partial charge in [-0.15, -0.1) is 10.2 Å². The lowest BCUT2D eigenvalue weighted by molar-refractivity contribution is -0.143. The number of nitrogens with zero attached hydrogens (tertiary/aromatic N) is 5. The van der Waals surface area contributed by atoms with Gasteiger partial charge >= 0.3 is 6.18 Å². The van der Waals surface area contributed by atoms with Crippen LogP contribution in [0, 0.1) is 6.92 Å². The summed E-state index contributed by atoms with van der Waals surface area (Å²) in [5.74, 6) is -1.74. The number of rotatable bonds is 6. The van der Waals surface area contributed by atoms with Crippen molar-refractivity contribution in [1.82, 2.24) is 24.9 Å². The Balaban J connectivity index is 1.82. The summed E-state index contributed by atoms with van der Waals surface area (Å²) in [6.45, 7) is 1.42. The van der Waals surface area contributed by atoms with Crippen molar-refractivity contribution in [2.24, 2.45) is 0 Å². The van der Waals surface area contributed by atoms with Crippen LogP contribution in [0.3, 0.4) is 0 Å². The quantitative estimate of drug-likeness (QED) is 0.622. The Kier molecular flexibility index (Phi) is 6.42. The average Bonchev–Trinajstić information content (AvgIpc) is 3.20. The van der Waals surface area contributed by atoms with Crippen molar-refractivity contribution in [3.05, 3.63) is 59.4 Å². The number of halogens is 3. The summed E-state index contributed by atoms with van der Waals surface area (Å²) < 4.78 is 46.7. The number of likely N-dealkylation sites (N-methyl/N-ethyl adjacent to an activating group) is 1. The van der Waals surface area contributed by atoms with Crippen molar-refractivity contribution in [3.63, 3.8) is 0 Å². The second-order valence-corrected chi connectivity index (χ2v) is 6.83. The third-order valence-electron chi connectivity index (χ3n) is 4.38. The number of anilines is 1. The van der Waals surface area contributed by atoms with Crippen LogP contribution in [0.25, 0.3) is 5.82 Å². The van der Waals surface area contributed by atoms with Gasteiger partial charge in [0.1, 0.15) is 0 Å². The summed E-state index contributed by atoms with van der Waals surface area (Å²) in [4.78, 5) is 25.8. The Morgan fingerprint density at radius 2 is 1.81 bits per heavy atom. The number of hydrogen-bond acceptors (Lipinski definition) is 6. The molecule has 0 unspecified atom stereocenters. The van der Waals surface area contributed by atoms with E-state index in [1.165, 1.54) is 26.3 Å². The summed E-state index contributed by atoms with van der Waals surface area (Å²) in [7, 11) is 2.56. The fraction of sp³-hybridized carbons (Fsp3) is 0.250. The lowest BCUT2D eigenvalue weighted by Gasteiger charge is -2.18. The van der Waals surface area contributed by atoms with Gasteiger partial charge in [0.05, 0.1) is 25.4 Å². The summed E-state index contributed by atoms with van der Waals surface area (Å²) >= 11 is 0. The van der Waals surface area contributed by atoms with Crippen LogP contribution in [0.15, 0.2) is 42.6 Å². The van der Waals surface area contributed by atoms with Crippen LogP contribution in [0.4, 0.5) is 18.9 Å². The molecule has 2 aromatic heterocycles. The monoisotopic (exact) mass is 448 g/mol. The van der Waals surface area contributed by atoms with E-state index in [1.807, 2.05) is 6.92 Å². The van der Waals surface area contributed by atoms with Gasteiger partial charge < -0.3 is 15.0 Å². The molecule has 2 heterocycles. The topological polar surface area (TPSA) is 102 Å². The second-order valence-electron chi connectivity index (χ2n) is 6.83. The van der Waals surface area contributed by atoms with E-state index in [0.29, 0.717) is 10.4 Å². The Hall–Kier alpha value is -3.96. The largest absolute Gasteiger partial charge is 0.480 e. The Labute approximate surface area is 180 Å². The first-order chi connectivity index (χ1) is 15.1. The summed E-state index contributed by atoms with van der Waals surface area (Å²) in [5, 5.41) is 13.5. The molecule has 0 saturated heterocycles. The zero-order chi connectivity index (χ0) is 23.5. The van der Waals surface area contributed by atoms with E-state index >= 15 is 0 Å². The molecule has 3 aromatic rings. The van der Waals surface area contributed by atoms with Crippen molar-refractivity contribution in [1.29, 1.82) is 0 Å². The van der Waals surface area contributed by atoms with Gasteiger partial charge in [0.15, 0.2) is 11.5 Å². The van der Waals surface area contributed by atoms with Crippen molar-refractivity contribution < 1.29 is 27.5 Å². The molecule has 168 valence electrons. The molecule has 3 rings (SSSR count). The Morgan fingerprint density at radius 1 is 1.12 bits per heavy atom. The van der Waals surface area contributed by atoms with Gasteiger partial charge in [-0.1, -0.05) is 17.7 Å². The smallest absolute Gasteiger partial charge is 0.434 e. The first-order valence-corrected chi connectivity index (χ1v) is 9.25. The van der Waals surface area contributed by atoms with Crippen LogP contribution in [0.5, 0.6) is 5.88 Å². The summed E-state index contributed by atoms with van der Waals surface area (Å²) in [5.41, 5.74) is -0.551. The van der Waals surface area contributed by atoms with Gasteiger partial charge in [-0.2, -0.15) is 18.3 Å². The molecule has 1 aromatic carbocycles. The zero-order valence-corrected chi connectivity index (χ0v) is 17.3. The molecule has 0 saturated carbocycles. The lowest BCUT2D eigenvalue weighted by atomic mass is 10.2. The maximum atomic E-state index is 13.8. The average molecular weight is 448 g/mol. The lowest BCUT2D eigenvalue weighted by Crippen LogP contribution is -2.35. The minimum atomic E-state index is -4.92. The third kappa shape index (κ3) is 5.02. The zero-order valence-electron chi connectivity index (χ0n) is 17.3. The highest BCUT2D eigenvalue weighted by molar-refractivity contribution is 5.99. The molecule has 9 nitrogen and oxygen atoms in total. The fourth-order valence-electron chi connectivity index (χ4n) is 2.82. The van der Waals surface area contributed by atoms with Crippen molar-refractivity contribution in [3.8, 4) is 11.7 Å². The first-order valence-electron chi connectivity index (χ1n) is 9.25. The van der Waals surface area contributed by atoms with Gasteiger partial charge in [0.25, 0.3) is 5.91 Å². The highest BCUT2D eigenvalue weighted by Gasteiger charge is 2.41. The molecule has 0 aliphatic rings. The number of carbonyl (C=O) groups is 2. The molecule has 0 radical (unpaired) electrons. The molecule has 0 spiro atoms. The molecule has 32 heavy (non-hydrogen) atoms. The Bertz CT molecular complexity index is 1110. The number of carbonyl (C=O) groups excluding carboxylic acids is 2. The predicted octanol–water partition coefficient (Wildman–Crippen LogP) is 2.71. The molecule has 0 fully saturated rings. The van der Waals surface area contributed by atoms with E-state index < -0.39 is 35.8 Å². The van der Waals surface area contributed by atoms with Crippen LogP contribution in [0.1, 0.15) is 21.6 Å². The van der Waals surface area contributed by atoms with Gasteiger partial charge in [-0.05, 0) is 25.1 Å². The molecule has 0 atom stereocenters. The van der Waals surface area contributed by atoms with Crippen LogP contribution in [0.2, 0.25) is 0 Å². The van der Waals surface area contributed by atoms with Crippen LogP contribution >= 0.6 is 0 Å². The van der Waals surface area contributed by atoms with Gasteiger partial charge in [-0.3, -0.25) is 9.59 Å². The van der Waals surface area contributed by atoms with E-state index in [-0.39, 0.29) is 11.7 Å². The number of aromatic nitrogens is 4. The number of methoxy groups -OCH3 is 1. The van der Waals surface area contributed by atoms with Crippen molar-refractivity contribution in [2.75, 3.05) is 26.0 Å². The minimum absolute atomic E-state index is 0.102. The fourth-order valence-corrected chi connectivity index (χ4v) is 2.82.